The summed E-state index contributed by atoms with van der Waals surface area (Å²) in [6.45, 7) is 4.98. The number of rotatable bonds is 82. The smallest absolute Gasteiger partial charge is 0.462 e. The first-order valence-electron chi connectivity index (χ1n) is 42.6. The van der Waals surface area contributed by atoms with Gasteiger partial charge in [0.1, 0.15) is 19.3 Å². The molecule has 3 N–H and O–H groups in total. The third-order valence-corrected chi connectivity index (χ3v) is 20.9. The van der Waals surface area contributed by atoms with Crippen LogP contribution in [0.2, 0.25) is 0 Å². The zero-order valence-electron chi connectivity index (χ0n) is 66.1. The molecule has 0 bridgehead atoms. The summed E-state index contributed by atoms with van der Waals surface area (Å²) in [5, 5.41) is 10.7. The Balaban J connectivity index is 5.30. The Morgan fingerprint density at radius 2 is 0.480 bits per heavy atom. The van der Waals surface area contributed by atoms with Gasteiger partial charge in [-0.3, -0.25) is 37.3 Å². The van der Waals surface area contributed by atoms with Crippen LogP contribution in [0.15, 0.2) is 24.3 Å². The Hall–Kier alpha value is -2.46. The fourth-order valence-electron chi connectivity index (χ4n) is 12.4. The second-order valence-corrected chi connectivity index (χ2v) is 32.1. The van der Waals surface area contributed by atoms with Gasteiger partial charge in [0.05, 0.1) is 26.4 Å². The molecule has 0 aromatic heterocycles. The number of unbranched alkanes of at least 4 members (excludes halogenated alkanes) is 52. The molecule has 0 aliphatic carbocycles. The average molecular weight is 1490 g/mol. The lowest BCUT2D eigenvalue weighted by atomic mass is 10.0. The van der Waals surface area contributed by atoms with Crippen molar-refractivity contribution in [2.24, 2.45) is 0 Å². The maximum atomic E-state index is 13.1. The molecule has 0 aliphatic rings. The average Bonchev–Trinajstić information content (AvgIpc) is 0.922. The van der Waals surface area contributed by atoms with E-state index >= 15 is 0 Å². The number of aliphatic hydroxyl groups is 1. The van der Waals surface area contributed by atoms with Crippen LogP contribution in [0.1, 0.15) is 426 Å². The van der Waals surface area contributed by atoms with Crippen molar-refractivity contribution in [3.05, 3.63) is 24.3 Å². The third-order valence-electron chi connectivity index (χ3n) is 18.9. The standard InChI is InChI=1S/C83H158O17P2/c1-5-9-13-17-21-25-29-33-37-38-42-46-50-54-58-62-66-70-83(88)100-79(74-94-81(86)68-64-60-56-52-48-44-40-35-31-27-23-19-15-11-7-3)76-98-102(91,92)96-72-77(84)71-95-101(89,90)97-75-78(99-82(87)69-65-61-57-53-49-45-41-36-32-28-24-20-16-12-8-4)73-93-80(85)67-63-59-55-51-47-43-39-34-30-26-22-18-14-10-6-2/h22,26,34,39,77-79,84H,5-21,23-25,27-33,35-38,40-76H2,1-4H3,(H,89,90)(H,91,92)/b26-22-,39-34-/t77-,78+,79+/m0/s1. The first kappa shape index (κ1) is 99.5. The van der Waals surface area contributed by atoms with Crippen molar-refractivity contribution in [3.63, 3.8) is 0 Å². The summed E-state index contributed by atoms with van der Waals surface area (Å²) in [7, 11) is -9.93. The Labute approximate surface area is 624 Å². The number of esters is 4. The molecule has 0 amide bonds. The number of ether oxygens (including phenoxy) is 4. The SMILES string of the molecule is CCCCC/C=C\C/C=C\CCCCCCCC(=O)OC[C@H](COP(=O)(O)OC[C@H](O)COP(=O)(O)OC[C@@H](COC(=O)CCCCCCCCCCCCCCCCC)OC(=O)CCCCCCCCCCCCCCCCCCC)OC(=O)CCCCCCCCCCCCCCCCC. The summed E-state index contributed by atoms with van der Waals surface area (Å²) >= 11 is 0. The number of phosphoric acid groups is 2. The molecule has 0 fully saturated rings. The molecule has 0 aliphatic heterocycles. The minimum Gasteiger partial charge on any atom is -0.462 e. The number of phosphoric ester groups is 2. The van der Waals surface area contributed by atoms with E-state index in [1.807, 2.05) is 0 Å². The van der Waals surface area contributed by atoms with Crippen LogP contribution >= 0.6 is 15.6 Å². The van der Waals surface area contributed by atoms with E-state index in [1.165, 1.54) is 231 Å². The van der Waals surface area contributed by atoms with E-state index in [0.717, 1.165) is 116 Å². The number of hydrogen-bond donors (Lipinski definition) is 3. The van der Waals surface area contributed by atoms with Gasteiger partial charge in [-0.2, -0.15) is 0 Å². The fourth-order valence-corrected chi connectivity index (χ4v) is 14.0. The van der Waals surface area contributed by atoms with Gasteiger partial charge in [0.2, 0.25) is 0 Å². The van der Waals surface area contributed by atoms with Gasteiger partial charge in [-0.05, 0) is 57.8 Å². The maximum absolute atomic E-state index is 13.1. The molecule has 602 valence electrons. The van der Waals surface area contributed by atoms with E-state index in [9.17, 15) is 43.2 Å². The van der Waals surface area contributed by atoms with Gasteiger partial charge in [0, 0.05) is 25.7 Å². The Morgan fingerprint density at radius 3 is 0.745 bits per heavy atom. The third kappa shape index (κ3) is 75.8. The summed E-state index contributed by atoms with van der Waals surface area (Å²) in [4.78, 5) is 73.1. The minimum atomic E-state index is -4.97. The Bertz CT molecular complexity index is 2020. The second-order valence-electron chi connectivity index (χ2n) is 29.2. The van der Waals surface area contributed by atoms with E-state index in [1.54, 1.807) is 0 Å². The molecule has 0 spiro atoms. The second kappa shape index (κ2) is 76.7. The summed E-state index contributed by atoms with van der Waals surface area (Å²) in [5.41, 5.74) is 0. The molecule has 0 aromatic rings. The minimum absolute atomic E-state index is 0.102. The number of carbonyl (C=O) groups is 4. The zero-order chi connectivity index (χ0) is 74.6. The molecular formula is C83H158O17P2. The van der Waals surface area contributed by atoms with Crippen LogP contribution in [0.5, 0.6) is 0 Å². The highest BCUT2D eigenvalue weighted by molar-refractivity contribution is 7.47. The van der Waals surface area contributed by atoms with Gasteiger partial charge in [0.25, 0.3) is 0 Å². The highest BCUT2D eigenvalue weighted by atomic mass is 31.2. The topological polar surface area (TPSA) is 237 Å². The van der Waals surface area contributed by atoms with Crippen molar-refractivity contribution < 1.29 is 80.2 Å². The first-order chi connectivity index (χ1) is 49.7. The van der Waals surface area contributed by atoms with Crippen LogP contribution in [-0.4, -0.2) is 96.7 Å². The Kier molecular flexibility index (Phi) is 74.9. The summed E-state index contributed by atoms with van der Waals surface area (Å²) < 4.78 is 68.8. The molecule has 17 nitrogen and oxygen atoms in total. The lowest BCUT2D eigenvalue weighted by Crippen LogP contribution is -2.30. The normalized spacial score (nSPS) is 13.9. The van der Waals surface area contributed by atoms with Gasteiger partial charge in [-0.15, -0.1) is 0 Å². The van der Waals surface area contributed by atoms with Gasteiger partial charge >= 0.3 is 39.5 Å². The van der Waals surface area contributed by atoms with Gasteiger partial charge in [0.15, 0.2) is 12.2 Å². The summed E-state index contributed by atoms with van der Waals surface area (Å²) in [6, 6.07) is 0. The zero-order valence-corrected chi connectivity index (χ0v) is 67.9. The molecule has 0 aromatic carbocycles. The van der Waals surface area contributed by atoms with Crippen molar-refractivity contribution in [1.82, 2.24) is 0 Å². The van der Waals surface area contributed by atoms with Crippen molar-refractivity contribution >= 4 is 39.5 Å². The van der Waals surface area contributed by atoms with E-state index < -0.39 is 97.5 Å². The predicted octanol–water partition coefficient (Wildman–Crippen LogP) is 24.9. The van der Waals surface area contributed by atoms with Crippen LogP contribution in [0.4, 0.5) is 0 Å². The van der Waals surface area contributed by atoms with Crippen LogP contribution in [0.25, 0.3) is 0 Å². The van der Waals surface area contributed by atoms with Gasteiger partial charge < -0.3 is 33.8 Å². The van der Waals surface area contributed by atoms with Crippen LogP contribution in [0, 0.1) is 0 Å². The number of carbonyl (C=O) groups excluding carboxylic acids is 4. The molecule has 0 saturated heterocycles. The fraction of sp³-hybridized carbons (Fsp3) is 0.904. The van der Waals surface area contributed by atoms with E-state index in [-0.39, 0.29) is 25.7 Å². The molecule has 19 heteroatoms. The van der Waals surface area contributed by atoms with Crippen molar-refractivity contribution in [3.8, 4) is 0 Å². The monoisotopic (exact) mass is 1490 g/mol. The predicted molar refractivity (Wildman–Crippen MR) is 418 cm³/mol. The molecule has 0 saturated carbocycles. The quantitative estimate of drug-likeness (QED) is 0.0169. The maximum Gasteiger partial charge on any atom is 0.472 e. The first-order valence-corrected chi connectivity index (χ1v) is 45.6. The van der Waals surface area contributed by atoms with Crippen LogP contribution < -0.4 is 0 Å². The van der Waals surface area contributed by atoms with E-state index in [4.69, 9.17) is 37.0 Å². The highest BCUT2D eigenvalue weighted by Gasteiger charge is 2.30. The number of hydrogen-bond acceptors (Lipinski definition) is 15. The van der Waals surface area contributed by atoms with Crippen molar-refractivity contribution in [2.45, 2.75) is 444 Å². The molecule has 2 unspecified atom stereocenters. The molecule has 0 rings (SSSR count). The summed E-state index contributed by atoms with van der Waals surface area (Å²) in [6.07, 6.45) is 72.8. The van der Waals surface area contributed by atoms with E-state index in [0.29, 0.717) is 25.7 Å². The van der Waals surface area contributed by atoms with Crippen molar-refractivity contribution in [2.75, 3.05) is 39.6 Å². The van der Waals surface area contributed by atoms with E-state index in [2.05, 4.69) is 52.0 Å². The lowest BCUT2D eigenvalue weighted by Gasteiger charge is -2.21. The molecule has 0 radical (unpaired) electrons. The molecular weight excluding hydrogens is 1330 g/mol. The number of aliphatic hydroxyl groups excluding tert-OH is 1. The largest absolute Gasteiger partial charge is 0.472 e. The highest BCUT2D eigenvalue weighted by Crippen LogP contribution is 2.45. The van der Waals surface area contributed by atoms with Crippen molar-refractivity contribution in [1.29, 1.82) is 0 Å². The molecule has 5 atom stereocenters. The van der Waals surface area contributed by atoms with Crippen LogP contribution in [0.3, 0.4) is 0 Å². The van der Waals surface area contributed by atoms with Gasteiger partial charge in [-0.25, -0.2) is 9.13 Å². The number of allylic oxidation sites excluding steroid dienone is 4. The summed E-state index contributed by atoms with van der Waals surface area (Å²) in [5.74, 6) is -2.13. The molecule has 102 heavy (non-hydrogen) atoms. The Morgan fingerprint density at radius 1 is 0.275 bits per heavy atom. The van der Waals surface area contributed by atoms with Crippen LogP contribution in [-0.2, 0) is 65.4 Å². The molecule has 0 heterocycles. The lowest BCUT2D eigenvalue weighted by molar-refractivity contribution is -0.161. The van der Waals surface area contributed by atoms with Gasteiger partial charge in [-0.1, -0.05) is 367 Å².